The average Bonchev–Trinajstić information content (AvgIpc) is 2.50. The van der Waals surface area contributed by atoms with Crippen molar-refractivity contribution in [2.45, 2.75) is 40.0 Å². The number of hydrogen-bond acceptors (Lipinski definition) is 2. The summed E-state index contributed by atoms with van der Waals surface area (Å²) in [5, 5.41) is 0. The van der Waals surface area contributed by atoms with Gasteiger partial charge >= 0.3 is 0 Å². The zero-order valence-corrected chi connectivity index (χ0v) is 12.3. The lowest BCUT2D eigenvalue weighted by molar-refractivity contribution is -0.128. The Morgan fingerprint density at radius 2 is 1.79 bits per heavy atom. The van der Waals surface area contributed by atoms with E-state index in [4.69, 9.17) is 0 Å². The molecular weight excluding hydrogens is 238 g/mol. The predicted molar refractivity (Wildman–Crippen MR) is 76.3 cm³/mol. The van der Waals surface area contributed by atoms with Gasteiger partial charge < -0.3 is 4.90 Å². The number of benzene rings is 1. The monoisotopic (exact) mass is 259 g/mol. The Bertz CT molecular complexity index is 538. The third kappa shape index (κ3) is 2.18. The molecule has 1 amide bonds. The summed E-state index contributed by atoms with van der Waals surface area (Å²) < 4.78 is 0. The Hall–Kier alpha value is -1.64. The highest BCUT2D eigenvalue weighted by molar-refractivity contribution is 6.10. The summed E-state index contributed by atoms with van der Waals surface area (Å²) in [7, 11) is 0. The van der Waals surface area contributed by atoms with Gasteiger partial charge in [0.05, 0.1) is 12.0 Å². The Morgan fingerprint density at radius 1 is 1.21 bits per heavy atom. The highest BCUT2D eigenvalue weighted by atomic mass is 16.2. The summed E-state index contributed by atoms with van der Waals surface area (Å²) in [6.07, 6.45) is 0. The molecule has 0 saturated carbocycles. The number of Topliss-reactive ketones (excluding diaryl/α,β-unsaturated/α-hetero) is 1. The molecule has 0 fully saturated rings. The summed E-state index contributed by atoms with van der Waals surface area (Å²) in [4.78, 5) is 26.3. The van der Waals surface area contributed by atoms with Gasteiger partial charge in [-0.05, 0) is 25.5 Å². The van der Waals surface area contributed by atoms with Crippen LogP contribution in [0.2, 0.25) is 0 Å². The van der Waals surface area contributed by atoms with Crippen LogP contribution in [0, 0.1) is 5.41 Å². The van der Waals surface area contributed by atoms with Gasteiger partial charge in [-0.25, -0.2) is 0 Å². The van der Waals surface area contributed by atoms with Gasteiger partial charge in [-0.15, -0.1) is 0 Å². The van der Waals surface area contributed by atoms with Crippen molar-refractivity contribution in [2.24, 2.45) is 5.41 Å². The molecule has 102 valence electrons. The van der Waals surface area contributed by atoms with Gasteiger partial charge in [0, 0.05) is 11.1 Å². The van der Waals surface area contributed by atoms with E-state index in [1.165, 1.54) is 0 Å². The van der Waals surface area contributed by atoms with Crippen molar-refractivity contribution in [2.75, 3.05) is 11.4 Å². The molecule has 0 bridgehead atoms. The maximum absolute atomic E-state index is 12.5. The molecule has 0 atom stereocenters. The van der Waals surface area contributed by atoms with E-state index >= 15 is 0 Å². The van der Waals surface area contributed by atoms with Crippen LogP contribution in [-0.4, -0.2) is 18.2 Å². The second-order valence-corrected chi connectivity index (χ2v) is 6.71. The minimum atomic E-state index is -0.547. The van der Waals surface area contributed by atoms with Gasteiger partial charge in [0.1, 0.15) is 0 Å². The van der Waals surface area contributed by atoms with Crippen LogP contribution in [0.5, 0.6) is 0 Å². The number of carbonyl (C=O) groups is 2. The number of anilines is 1. The number of nitrogens with zero attached hydrogens (tertiary/aromatic N) is 1. The van der Waals surface area contributed by atoms with Crippen molar-refractivity contribution >= 4 is 17.4 Å². The highest BCUT2D eigenvalue weighted by Crippen LogP contribution is 2.41. The third-order valence-electron chi connectivity index (χ3n) is 3.79. The van der Waals surface area contributed by atoms with Crippen LogP contribution >= 0.6 is 0 Å². The fourth-order valence-electron chi connectivity index (χ4n) is 2.34. The lowest BCUT2D eigenvalue weighted by atomic mass is 9.86. The van der Waals surface area contributed by atoms with Crippen molar-refractivity contribution in [3.05, 3.63) is 29.8 Å². The minimum Gasteiger partial charge on any atom is -0.304 e. The Morgan fingerprint density at radius 3 is 2.37 bits per heavy atom. The van der Waals surface area contributed by atoms with Crippen molar-refractivity contribution in [1.29, 1.82) is 0 Å². The number of carbonyl (C=O) groups excluding carboxylic acids is 2. The molecule has 1 aromatic carbocycles. The van der Waals surface area contributed by atoms with E-state index in [-0.39, 0.29) is 18.2 Å². The largest absolute Gasteiger partial charge is 0.304 e. The van der Waals surface area contributed by atoms with E-state index in [1.54, 1.807) is 4.90 Å². The Labute approximate surface area is 114 Å². The smallest absolute Gasteiger partial charge is 0.237 e. The Kier molecular flexibility index (Phi) is 3.04. The number of para-hydroxylation sites is 1. The first-order chi connectivity index (χ1) is 8.65. The standard InChI is InChI=1S/C16H21NO2/c1-15(2,3)13(18)10-17-12-9-7-6-8-11(12)16(4,5)14(17)19/h6-9H,10H2,1-5H3. The van der Waals surface area contributed by atoms with Crippen LogP contribution in [0.3, 0.4) is 0 Å². The summed E-state index contributed by atoms with van der Waals surface area (Å²) in [6.45, 7) is 9.63. The van der Waals surface area contributed by atoms with Crippen LogP contribution in [0.25, 0.3) is 0 Å². The molecule has 1 heterocycles. The molecule has 1 aromatic rings. The molecule has 2 rings (SSSR count). The normalized spacial score (nSPS) is 17.5. The van der Waals surface area contributed by atoms with E-state index in [2.05, 4.69) is 0 Å². The van der Waals surface area contributed by atoms with E-state index in [0.717, 1.165) is 11.3 Å². The molecule has 0 spiro atoms. The van der Waals surface area contributed by atoms with Crippen molar-refractivity contribution in [1.82, 2.24) is 0 Å². The molecule has 0 aliphatic carbocycles. The van der Waals surface area contributed by atoms with Crippen molar-refractivity contribution in [3.8, 4) is 0 Å². The van der Waals surface area contributed by atoms with E-state index in [9.17, 15) is 9.59 Å². The number of ketones is 1. The molecule has 3 heteroatoms. The van der Waals surface area contributed by atoms with Crippen LogP contribution in [0.1, 0.15) is 40.2 Å². The molecule has 0 N–H and O–H groups in total. The lowest BCUT2D eigenvalue weighted by Gasteiger charge is -2.24. The number of fused-ring (bicyclic) bond motifs is 1. The van der Waals surface area contributed by atoms with Gasteiger partial charge in [-0.3, -0.25) is 9.59 Å². The zero-order chi connectivity index (χ0) is 14.4. The highest BCUT2D eigenvalue weighted by Gasteiger charge is 2.44. The van der Waals surface area contributed by atoms with Crippen LogP contribution in [-0.2, 0) is 15.0 Å². The van der Waals surface area contributed by atoms with Crippen LogP contribution in [0.4, 0.5) is 5.69 Å². The first-order valence-corrected chi connectivity index (χ1v) is 6.60. The average molecular weight is 259 g/mol. The fraction of sp³-hybridized carbons (Fsp3) is 0.500. The molecule has 0 radical (unpaired) electrons. The van der Waals surface area contributed by atoms with Gasteiger partial charge in [0.2, 0.25) is 5.91 Å². The first kappa shape index (κ1) is 13.8. The topological polar surface area (TPSA) is 37.4 Å². The second-order valence-electron chi connectivity index (χ2n) is 6.71. The maximum atomic E-state index is 12.5. The quantitative estimate of drug-likeness (QED) is 0.819. The summed E-state index contributed by atoms with van der Waals surface area (Å²) in [5.41, 5.74) is 0.897. The minimum absolute atomic E-state index is 0.00583. The Balaban J connectivity index is 2.39. The van der Waals surface area contributed by atoms with Gasteiger partial charge in [-0.1, -0.05) is 39.0 Å². The molecule has 1 aliphatic rings. The third-order valence-corrected chi connectivity index (χ3v) is 3.79. The van der Waals surface area contributed by atoms with Gasteiger partial charge in [0.15, 0.2) is 5.78 Å². The van der Waals surface area contributed by atoms with Crippen LogP contribution < -0.4 is 4.90 Å². The summed E-state index contributed by atoms with van der Waals surface area (Å²) >= 11 is 0. The summed E-state index contributed by atoms with van der Waals surface area (Å²) in [5.74, 6) is 0.0830. The SMILES string of the molecule is CC(C)(C)C(=O)CN1C(=O)C(C)(C)c2ccccc21. The molecule has 3 nitrogen and oxygen atoms in total. The number of rotatable bonds is 2. The molecule has 0 unspecified atom stereocenters. The molecule has 19 heavy (non-hydrogen) atoms. The number of amides is 1. The molecule has 0 aromatic heterocycles. The zero-order valence-electron chi connectivity index (χ0n) is 12.3. The van der Waals surface area contributed by atoms with E-state index in [0.29, 0.717) is 0 Å². The van der Waals surface area contributed by atoms with E-state index in [1.807, 2.05) is 58.9 Å². The molecule has 0 saturated heterocycles. The summed E-state index contributed by atoms with van der Waals surface area (Å²) in [6, 6.07) is 7.72. The molecule has 1 aliphatic heterocycles. The van der Waals surface area contributed by atoms with Crippen LogP contribution in [0.15, 0.2) is 24.3 Å². The number of hydrogen-bond donors (Lipinski definition) is 0. The molecular formula is C16H21NO2. The fourth-order valence-corrected chi connectivity index (χ4v) is 2.34. The van der Waals surface area contributed by atoms with Crippen molar-refractivity contribution < 1.29 is 9.59 Å². The van der Waals surface area contributed by atoms with Gasteiger partial charge in [-0.2, -0.15) is 0 Å². The lowest BCUT2D eigenvalue weighted by Crippen LogP contribution is -2.42. The van der Waals surface area contributed by atoms with Gasteiger partial charge in [0.25, 0.3) is 0 Å². The van der Waals surface area contributed by atoms with Crippen molar-refractivity contribution in [3.63, 3.8) is 0 Å². The maximum Gasteiger partial charge on any atom is 0.237 e. The predicted octanol–water partition coefficient (Wildman–Crippen LogP) is 2.93. The first-order valence-electron chi connectivity index (χ1n) is 6.60. The second kappa shape index (κ2) is 4.19. The van der Waals surface area contributed by atoms with E-state index < -0.39 is 10.8 Å².